The normalized spacial score (nSPS) is 24.7. The second-order valence-electron chi connectivity index (χ2n) is 7.46. The number of fused-ring (bicyclic) bond motifs is 2. The van der Waals surface area contributed by atoms with Gasteiger partial charge in [0.25, 0.3) is 0 Å². The molecule has 2 N–H and O–H groups in total. The third-order valence-electron chi connectivity index (χ3n) is 5.67. The fourth-order valence-corrected chi connectivity index (χ4v) is 6.01. The van der Waals surface area contributed by atoms with E-state index in [0.717, 1.165) is 11.8 Å². The molecular formula is C19H23FN4OS2. The van der Waals surface area contributed by atoms with Gasteiger partial charge in [0.05, 0.1) is 11.4 Å². The summed E-state index contributed by atoms with van der Waals surface area (Å²) in [6.45, 7) is 2.13. The van der Waals surface area contributed by atoms with Crippen molar-refractivity contribution in [2.24, 2.45) is 17.8 Å². The van der Waals surface area contributed by atoms with Crippen molar-refractivity contribution in [1.82, 2.24) is 15.5 Å². The first-order valence-electron chi connectivity index (χ1n) is 9.35. The molecule has 4 rings (SSSR count). The Hall–Kier alpha value is -1.67. The van der Waals surface area contributed by atoms with E-state index >= 15 is 0 Å². The van der Waals surface area contributed by atoms with E-state index in [1.165, 1.54) is 54.8 Å². The Labute approximate surface area is 166 Å². The second kappa shape index (κ2) is 8.14. The molecule has 4 atom stereocenters. The summed E-state index contributed by atoms with van der Waals surface area (Å²) >= 11 is 2.68. The van der Waals surface area contributed by atoms with Gasteiger partial charge in [-0.25, -0.2) is 4.39 Å². The monoisotopic (exact) mass is 406 g/mol. The summed E-state index contributed by atoms with van der Waals surface area (Å²) in [7, 11) is 0. The first-order valence-corrected chi connectivity index (χ1v) is 11.2. The molecule has 5 nitrogen and oxygen atoms in total. The molecule has 1 aromatic heterocycles. The van der Waals surface area contributed by atoms with Crippen LogP contribution >= 0.6 is 23.1 Å². The van der Waals surface area contributed by atoms with Crippen molar-refractivity contribution < 1.29 is 9.18 Å². The molecule has 2 fully saturated rings. The molecule has 2 aliphatic carbocycles. The van der Waals surface area contributed by atoms with Crippen molar-refractivity contribution in [2.45, 2.75) is 43.0 Å². The maximum Gasteiger partial charge on any atom is 0.230 e. The number of hydrogen-bond donors (Lipinski definition) is 2. The van der Waals surface area contributed by atoms with Gasteiger partial charge in [-0.1, -0.05) is 41.7 Å². The molecule has 8 heteroatoms. The molecule has 1 heterocycles. The molecule has 2 bridgehead atoms. The molecule has 1 aromatic carbocycles. The van der Waals surface area contributed by atoms with E-state index in [4.69, 9.17) is 0 Å². The maximum atomic E-state index is 13.7. The quantitative estimate of drug-likeness (QED) is 0.665. The lowest BCUT2D eigenvalue weighted by Crippen LogP contribution is -2.40. The van der Waals surface area contributed by atoms with Gasteiger partial charge < -0.3 is 10.6 Å². The van der Waals surface area contributed by atoms with Crippen molar-refractivity contribution in [3.05, 3.63) is 30.1 Å². The van der Waals surface area contributed by atoms with Gasteiger partial charge in [-0.3, -0.25) is 4.79 Å². The number of hydrogen-bond acceptors (Lipinski definition) is 6. The molecule has 2 saturated carbocycles. The molecule has 1 amide bonds. The standard InChI is InChI=1S/C19H23FN4OS2/c1-11(14-9-12-6-7-13(14)8-12)21-17(25)10-26-19-24-23-18(27-19)22-16-5-3-2-4-15(16)20/h2-5,11-14H,6-10H2,1H3,(H,21,25)(H,22,23)/t11-,12-,13+,14-/m1/s1. The zero-order valence-electron chi connectivity index (χ0n) is 15.2. The summed E-state index contributed by atoms with van der Waals surface area (Å²) in [5.74, 6) is 2.34. The fourth-order valence-electron chi connectivity index (χ4n) is 4.43. The van der Waals surface area contributed by atoms with Crippen LogP contribution < -0.4 is 10.6 Å². The Morgan fingerprint density at radius 3 is 2.93 bits per heavy atom. The average molecular weight is 407 g/mol. The molecule has 27 heavy (non-hydrogen) atoms. The highest BCUT2D eigenvalue weighted by Crippen LogP contribution is 2.49. The number of benzene rings is 1. The number of carbonyl (C=O) groups is 1. The number of amides is 1. The summed E-state index contributed by atoms with van der Waals surface area (Å²) in [5.41, 5.74) is 0.364. The predicted molar refractivity (Wildman–Crippen MR) is 107 cm³/mol. The van der Waals surface area contributed by atoms with Crippen LogP contribution in [0.2, 0.25) is 0 Å². The molecule has 0 aliphatic heterocycles. The maximum absolute atomic E-state index is 13.7. The third-order valence-corrected chi connectivity index (χ3v) is 7.64. The number of thioether (sulfide) groups is 1. The van der Waals surface area contributed by atoms with E-state index in [-0.39, 0.29) is 17.8 Å². The fraction of sp³-hybridized carbons (Fsp3) is 0.526. The molecule has 0 spiro atoms. The van der Waals surface area contributed by atoms with Crippen LogP contribution in [0.3, 0.4) is 0 Å². The van der Waals surface area contributed by atoms with Crippen LogP contribution in [0, 0.1) is 23.6 Å². The molecule has 2 aromatic rings. The first kappa shape index (κ1) is 18.7. The summed E-state index contributed by atoms with van der Waals surface area (Å²) < 4.78 is 14.4. The van der Waals surface area contributed by atoms with Crippen LogP contribution in [-0.4, -0.2) is 27.9 Å². The van der Waals surface area contributed by atoms with E-state index < -0.39 is 0 Å². The lowest BCUT2D eigenvalue weighted by molar-refractivity contribution is -0.119. The smallest absolute Gasteiger partial charge is 0.230 e. The lowest BCUT2D eigenvalue weighted by Gasteiger charge is -2.28. The van der Waals surface area contributed by atoms with Crippen LogP contribution in [-0.2, 0) is 4.79 Å². The van der Waals surface area contributed by atoms with Gasteiger partial charge in [-0.05, 0) is 56.1 Å². The van der Waals surface area contributed by atoms with E-state index in [2.05, 4.69) is 27.8 Å². The Morgan fingerprint density at radius 1 is 1.33 bits per heavy atom. The average Bonchev–Trinajstić information content (AvgIpc) is 3.39. The van der Waals surface area contributed by atoms with Gasteiger partial charge in [0.1, 0.15) is 5.82 Å². The van der Waals surface area contributed by atoms with Crippen LogP contribution in [0.5, 0.6) is 0 Å². The van der Waals surface area contributed by atoms with Crippen LogP contribution in [0.1, 0.15) is 32.6 Å². The van der Waals surface area contributed by atoms with Crippen molar-refractivity contribution in [2.75, 3.05) is 11.1 Å². The summed E-state index contributed by atoms with van der Waals surface area (Å²) in [6.07, 6.45) is 5.31. The SMILES string of the molecule is C[C@@H](NC(=O)CSc1nnc(Nc2ccccc2F)s1)[C@H]1C[C@@H]2CC[C@H]1C2. The van der Waals surface area contributed by atoms with Crippen LogP contribution in [0.25, 0.3) is 0 Å². The van der Waals surface area contributed by atoms with E-state index in [0.29, 0.717) is 26.8 Å². The number of para-hydroxylation sites is 1. The molecule has 0 unspecified atom stereocenters. The van der Waals surface area contributed by atoms with Crippen LogP contribution in [0.4, 0.5) is 15.2 Å². The summed E-state index contributed by atoms with van der Waals surface area (Å²) in [4.78, 5) is 12.3. The summed E-state index contributed by atoms with van der Waals surface area (Å²) in [5, 5.41) is 14.7. The Morgan fingerprint density at radius 2 is 2.19 bits per heavy atom. The highest BCUT2D eigenvalue weighted by atomic mass is 32.2. The zero-order chi connectivity index (χ0) is 18.8. The van der Waals surface area contributed by atoms with Gasteiger partial charge >= 0.3 is 0 Å². The highest BCUT2D eigenvalue weighted by molar-refractivity contribution is 8.01. The van der Waals surface area contributed by atoms with E-state index in [9.17, 15) is 9.18 Å². The predicted octanol–water partition coefficient (Wildman–Crippen LogP) is 4.45. The highest BCUT2D eigenvalue weighted by Gasteiger charge is 2.42. The number of aromatic nitrogens is 2. The Bertz CT molecular complexity index is 815. The molecule has 0 saturated heterocycles. The van der Waals surface area contributed by atoms with Gasteiger partial charge in [-0.15, -0.1) is 10.2 Å². The molecular weight excluding hydrogens is 383 g/mol. The largest absolute Gasteiger partial charge is 0.353 e. The molecule has 0 radical (unpaired) electrons. The third kappa shape index (κ3) is 4.43. The molecule has 2 aliphatic rings. The minimum atomic E-state index is -0.337. The minimum Gasteiger partial charge on any atom is -0.353 e. The van der Waals surface area contributed by atoms with Gasteiger partial charge in [0, 0.05) is 6.04 Å². The Kier molecular flexibility index (Phi) is 5.63. The lowest BCUT2D eigenvalue weighted by atomic mass is 9.84. The van der Waals surface area contributed by atoms with Crippen LogP contribution in [0.15, 0.2) is 28.6 Å². The number of nitrogens with one attached hydrogen (secondary N) is 2. The minimum absolute atomic E-state index is 0.0362. The van der Waals surface area contributed by atoms with Crippen molar-refractivity contribution >= 4 is 39.8 Å². The van der Waals surface area contributed by atoms with Gasteiger partial charge in [0.2, 0.25) is 11.0 Å². The first-order chi connectivity index (χ1) is 13.1. The summed E-state index contributed by atoms with van der Waals surface area (Å²) in [6, 6.07) is 6.66. The van der Waals surface area contributed by atoms with Gasteiger partial charge in [0.15, 0.2) is 4.34 Å². The number of rotatable bonds is 7. The zero-order valence-corrected chi connectivity index (χ0v) is 16.8. The topological polar surface area (TPSA) is 66.9 Å². The van der Waals surface area contributed by atoms with E-state index in [1.54, 1.807) is 18.2 Å². The number of anilines is 2. The van der Waals surface area contributed by atoms with E-state index in [1.807, 2.05) is 0 Å². The molecule has 144 valence electrons. The van der Waals surface area contributed by atoms with Crippen molar-refractivity contribution in [3.8, 4) is 0 Å². The second-order valence-corrected chi connectivity index (χ2v) is 9.66. The number of halogens is 1. The van der Waals surface area contributed by atoms with Crippen molar-refractivity contribution in [1.29, 1.82) is 0 Å². The number of nitrogens with zero attached hydrogens (tertiary/aromatic N) is 2. The Balaban J connectivity index is 1.25. The number of carbonyl (C=O) groups excluding carboxylic acids is 1. The van der Waals surface area contributed by atoms with Crippen molar-refractivity contribution in [3.63, 3.8) is 0 Å². The van der Waals surface area contributed by atoms with Gasteiger partial charge in [-0.2, -0.15) is 0 Å².